The monoisotopic (exact) mass is 563 g/mol. The highest BCUT2D eigenvalue weighted by atomic mass is 16.3. The molecule has 3 N–H and O–H groups in total. The molecule has 0 aliphatic heterocycles. The molecule has 9 atom stereocenters. The number of hydrogen-bond acceptors (Lipinski definition) is 5. The summed E-state index contributed by atoms with van der Waals surface area (Å²) in [7, 11) is 0. The number of rotatable bonds is 3. The molecule has 7 nitrogen and oxygen atoms in total. The Kier molecular flexibility index (Phi) is 7.17. The molecule has 2 amide bonds. The maximum Gasteiger partial charge on any atom is 0.238 e. The van der Waals surface area contributed by atoms with E-state index in [1.807, 2.05) is 12.2 Å². The zero-order chi connectivity index (χ0) is 30.2. The molecule has 5 rings (SSSR count). The van der Waals surface area contributed by atoms with E-state index in [0.29, 0.717) is 12.0 Å². The van der Waals surface area contributed by atoms with Gasteiger partial charge in [0.25, 0.3) is 0 Å². The Morgan fingerprint density at radius 1 is 1.05 bits per heavy atom. The highest BCUT2D eigenvalue weighted by Crippen LogP contribution is 2.74. The van der Waals surface area contributed by atoms with Crippen LogP contribution in [0.3, 0.4) is 0 Å². The molecular weight excluding hydrogens is 514 g/mol. The van der Waals surface area contributed by atoms with Gasteiger partial charge in [-0.15, -0.1) is 0 Å². The summed E-state index contributed by atoms with van der Waals surface area (Å²) in [5, 5.41) is 20.7. The number of amides is 2. The Bertz CT molecular complexity index is 1260. The van der Waals surface area contributed by atoms with Gasteiger partial charge in [-0.2, -0.15) is 5.26 Å². The number of carbonyl (C=O) groups excluding carboxylic acids is 3. The second-order valence-corrected chi connectivity index (χ2v) is 15.7. The minimum Gasteiger partial charge on any atom is -0.387 e. The molecule has 3 unspecified atom stereocenters. The van der Waals surface area contributed by atoms with Crippen molar-refractivity contribution in [1.82, 2.24) is 10.9 Å². The number of nitrogens with zero attached hydrogens (tertiary/aromatic N) is 1. The van der Waals surface area contributed by atoms with E-state index in [-0.39, 0.29) is 62.9 Å². The van der Waals surface area contributed by atoms with Crippen LogP contribution >= 0.6 is 0 Å². The summed E-state index contributed by atoms with van der Waals surface area (Å²) in [6, 6.07) is 2.26. The molecule has 0 heterocycles. The maximum absolute atomic E-state index is 14.5. The number of nitriles is 1. The van der Waals surface area contributed by atoms with Crippen molar-refractivity contribution >= 4 is 17.6 Å². The number of aliphatic hydroxyl groups is 1. The van der Waals surface area contributed by atoms with Crippen molar-refractivity contribution < 1.29 is 19.5 Å². The summed E-state index contributed by atoms with van der Waals surface area (Å²) in [6.07, 6.45) is 11.1. The molecule has 0 aromatic carbocycles. The van der Waals surface area contributed by atoms with Gasteiger partial charge >= 0.3 is 0 Å². The first kappa shape index (κ1) is 30.0. The van der Waals surface area contributed by atoms with Gasteiger partial charge in [0.1, 0.15) is 0 Å². The second kappa shape index (κ2) is 9.79. The van der Waals surface area contributed by atoms with Gasteiger partial charge < -0.3 is 5.11 Å². The van der Waals surface area contributed by atoms with Gasteiger partial charge in [0.15, 0.2) is 5.78 Å². The van der Waals surface area contributed by atoms with Crippen LogP contribution < -0.4 is 10.9 Å². The fourth-order valence-electron chi connectivity index (χ4n) is 10.5. The molecular formula is C34H49N3O4. The van der Waals surface area contributed by atoms with Crippen molar-refractivity contribution in [2.45, 2.75) is 112 Å². The summed E-state index contributed by atoms with van der Waals surface area (Å²) in [4.78, 5) is 38.5. The Labute approximate surface area is 245 Å². The van der Waals surface area contributed by atoms with Crippen molar-refractivity contribution in [1.29, 1.82) is 5.26 Å². The average Bonchev–Trinajstić information content (AvgIpc) is 2.90. The second-order valence-electron chi connectivity index (χ2n) is 15.7. The predicted octanol–water partition coefficient (Wildman–Crippen LogP) is 5.56. The van der Waals surface area contributed by atoms with Crippen molar-refractivity contribution in [2.24, 2.45) is 50.7 Å². The average molecular weight is 564 g/mol. The fourth-order valence-corrected chi connectivity index (χ4v) is 10.5. The van der Waals surface area contributed by atoms with Crippen LogP contribution in [-0.4, -0.2) is 28.8 Å². The van der Waals surface area contributed by atoms with E-state index >= 15 is 0 Å². The van der Waals surface area contributed by atoms with E-state index < -0.39 is 11.5 Å². The van der Waals surface area contributed by atoms with Crippen LogP contribution in [0.5, 0.6) is 0 Å². The third-order valence-electron chi connectivity index (χ3n) is 13.1. The van der Waals surface area contributed by atoms with Crippen molar-refractivity contribution in [3.63, 3.8) is 0 Å². The molecule has 0 aromatic rings. The Hall–Kier alpha value is -2.46. The van der Waals surface area contributed by atoms with Crippen LogP contribution in [0.2, 0.25) is 0 Å². The number of ketones is 1. The zero-order valence-corrected chi connectivity index (χ0v) is 26.0. The summed E-state index contributed by atoms with van der Waals surface area (Å²) < 4.78 is 0. The van der Waals surface area contributed by atoms with Crippen LogP contribution in [-0.2, 0) is 14.4 Å². The van der Waals surface area contributed by atoms with Gasteiger partial charge in [0, 0.05) is 24.7 Å². The van der Waals surface area contributed by atoms with Gasteiger partial charge in [0.05, 0.1) is 17.7 Å². The topological polar surface area (TPSA) is 119 Å². The first-order chi connectivity index (χ1) is 19.0. The molecule has 0 spiro atoms. The molecule has 0 radical (unpaired) electrons. The molecule has 3 saturated carbocycles. The van der Waals surface area contributed by atoms with E-state index in [2.05, 4.69) is 58.5 Å². The molecule has 0 aromatic heterocycles. The molecule has 0 saturated heterocycles. The SMILES string of the molecule is CC(=O)NNC(=O)CC[C@]12CCC(C)(C)CC1C1C(=O)C=C3[C@@]4(C)C=C(C#N)C(O)[C@@H](C)[C@@H]4CC[C@@]3(C)[C@]1(C)CC2. The van der Waals surface area contributed by atoms with E-state index in [4.69, 9.17) is 0 Å². The number of allylic oxidation sites excluding steroid dienone is 3. The third-order valence-corrected chi connectivity index (χ3v) is 13.1. The quantitative estimate of drug-likeness (QED) is 0.389. The lowest BCUT2D eigenvalue weighted by Gasteiger charge is -2.69. The number of carbonyl (C=O) groups is 3. The highest BCUT2D eigenvalue weighted by molar-refractivity contribution is 5.95. The molecule has 224 valence electrons. The number of hydrogen-bond donors (Lipinski definition) is 3. The van der Waals surface area contributed by atoms with Gasteiger partial charge in [-0.3, -0.25) is 25.2 Å². The summed E-state index contributed by atoms with van der Waals surface area (Å²) >= 11 is 0. The standard InChI is InChI=1S/C34H49N3O4/c1-20-23-8-10-32(6)26(31(23,5)17-22(19-35)29(20)41)16-25(39)28-24-18-30(3,4)12-14-34(24,15-13-33(28,32)7)11-9-27(40)37-36-21(2)38/h16-17,20,23-24,28-29,41H,8-15,18H2,1-7H3,(H,36,38)(H,37,40)/t20-,23-,24?,28?,29?,31-,32+,33+,34+/m0/s1. The van der Waals surface area contributed by atoms with Gasteiger partial charge in [-0.05, 0) is 96.9 Å². The summed E-state index contributed by atoms with van der Waals surface area (Å²) in [5.74, 6) is -0.0732. The lowest BCUT2D eigenvalue weighted by atomic mass is 9.34. The van der Waals surface area contributed by atoms with E-state index in [9.17, 15) is 24.8 Å². The number of hydrazine groups is 1. The van der Waals surface area contributed by atoms with Crippen LogP contribution in [0.15, 0.2) is 23.3 Å². The Morgan fingerprint density at radius 3 is 2.39 bits per heavy atom. The maximum atomic E-state index is 14.5. The van der Waals surface area contributed by atoms with Gasteiger partial charge in [-0.25, -0.2) is 0 Å². The largest absolute Gasteiger partial charge is 0.387 e. The molecule has 0 bridgehead atoms. The van der Waals surface area contributed by atoms with Crippen molar-refractivity contribution in [3.8, 4) is 6.07 Å². The normalized spacial score (nSPS) is 44.5. The van der Waals surface area contributed by atoms with Crippen LogP contribution in [0.4, 0.5) is 0 Å². The first-order valence-corrected chi connectivity index (χ1v) is 15.7. The minimum absolute atomic E-state index is 0.0486. The lowest BCUT2D eigenvalue weighted by molar-refractivity contribution is -0.172. The fraction of sp³-hybridized carbons (Fsp3) is 0.765. The molecule has 7 heteroatoms. The number of fused-ring (bicyclic) bond motifs is 7. The Morgan fingerprint density at radius 2 is 1.73 bits per heavy atom. The number of nitrogens with one attached hydrogen (secondary N) is 2. The lowest BCUT2D eigenvalue weighted by Crippen LogP contribution is -2.64. The van der Waals surface area contributed by atoms with Crippen LogP contribution in [0, 0.1) is 62.1 Å². The molecule has 41 heavy (non-hydrogen) atoms. The molecule has 3 fully saturated rings. The zero-order valence-electron chi connectivity index (χ0n) is 26.0. The molecule has 5 aliphatic rings. The van der Waals surface area contributed by atoms with Crippen LogP contribution in [0.25, 0.3) is 0 Å². The summed E-state index contributed by atoms with van der Waals surface area (Å²) in [6.45, 7) is 15.0. The highest BCUT2D eigenvalue weighted by Gasteiger charge is 2.68. The first-order valence-electron chi connectivity index (χ1n) is 15.7. The smallest absolute Gasteiger partial charge is 0.238 e. The Balaban J connectivity index is 1.55. The minimum atomic E-state index is -0.756. The van der Waals surface area contributed by atoms with Gasteiger partial charge in [0.2, 0.25) is 11.8 Å². The summed E-state index contributed by atoms with van der Waals surface area (Å²) in [5.41, 5.74) is 5.69. The third kappa shape index (κ3) is 4.42. The van der Waals surface area contributed by atoms with Crippen molar-refractivity contribution in [2.75, 3.05) is 0 Å². The van der Waals surface area contributed by atoms with E-state index in [1.54, 1.807) is 0 Å². The van der Waals surface area contributed by atoms with Gasteiger partial charge in [-0.1, -0.05) is 53.2 Å². The predicted molar refractivity (Wildman–Crippen MR) is 156 cm³/mol. The number of aliphatic hydroxyl groups excluding tert-OH is 1. The van der Waals surface area contributed by atoms with Crippen LogP contribution in [0.1, 0.15) is 106 Å². The van der Waals surface area contributed by atoms with E-state index in [0.717, 1.165) is 56.9 Å². The molecule has 5 aliphatic carbocycles. The van der Waals surface area contributed by atoms with E-state index in [1.165, 1.54) is 6.92 Å². The van der Waals surface area contributed by atoms with Crippen molar-refractivity contribution in [3.05, 3.63) is 23.3 Å².